The van der Waals surface area contributed by atoms with E-state index in [-0.39, 0.29) is 11.7 Å². The molecule has 2 unspecified atom stereocenters. The van der Waals surface area contributed by atoms with Gasteiger partial charge >= 0.3 is 0 Å². The molecule has 2 nitrogen and oxygen atoms in total. The lowest BCUT2D eigenvalue weighted by molar-refractivity contribution is 0.0965. The smallest absolute Gasteiger partial charge is 0.166 e. The zero-order valence-electron chi connectivity index (χ0n) is 11.9. The Balaban J connectivity index is 1.54. The van der Waals surface area contributed by atoms with Gasteiger partial charge in [0.15, 0.2) is 5.78 Å². The fourth-order valence-corrected chi connectivity index (χ4v) is 3.28. The molecule has 2 aromatic carbocycles. The predicted molar refractivity (Wildman–Crippen MR) is 81.9 cm³/mol. The summed E-state index contributed by atoms with van der Waals surface area (Å²) in [6, 6.07) is 16.3. The molecule has 0 radical (unpaired) electrons. The topological polar surface area (TPSA) is 26.3 Å². The first-order valence-electron chi connectivity index (χ1n) is 7.68. The normalized spacial score (nSPS) is 23.0. The van der Waals surface area contributed by atoms with Gasteiger partial charge in [0, 0.05) is 11.5 Å². The third-order valence-corrected chi connectivity index (χ3v) is 4.55. The van der Waals surface area contributed by atoms with Crippen LogP contribution in [0.4, 0.5) is 0 Å². The highest BCUT2D eigenvalue weighted by Crippen LogP contribution is 2.49. The van der Waals surface area contributed by atoms with Crippen LogP contribution < -0.4 is 4.74 Å². The van der Waals surface area contributed by atoms with Crippen LogP contribution in [-0.4, -0.2) is 12.4 Å². The van der Waals surface area contributed by atoms with Crippen molar-refractivity contribution in [3.8, 4) is 5.75 Å². The van der Waals surface area contributed by atoms with Gasteiger partial charge in [-0.15, -0.1) is 0 Å². The highest BCUT2D eigenvalue weighted by molar-refractivity contribution is 6.00. The Morgan fingerprint density at radius 2 is 1.95 bits per heavy atom. The van der Waals surface area contributed by atoms with Gasteiger partial charge in [-0.2, -0.15) is 0 Å². The number of fused-ring (bicyclic) bond motifs is 1. The molecular weight excluding hydrogens is 260 g/mol. The minimum atomic E-state index is 0.162. The van der Waals surface area contributed by atoms with Crippen molar-refractivity contribution in [1.29, 1.82) is 0 Å². The summed E-state index contributed by atoms with van der Waals surface area (Å²) in [4.78, 5) is 12.6. The van der Waals surface area contributed by atoms with Gasteiger partial charge in [-0.05, 0) is 54.5 Å². The number of benzene rings is 2. The van der Waals surface area contributed by atoms with Crippen LogP contribution >= 0.6 is 0 Å². The van der Waals surface area contributed by atoms with Gasteiger partial charge in [0.1, 0.15) is 5.75 Å². The summed E-state index contributed by atoms with van der Waals surface area (Å²) in [5.41, 5.74) is 3.32. The standard InChI is InChI=1S/C19H18O2/c20-19(17-12-16(17)13-5-2-1-3-6-13)15-8-9-18-14(11-15)7-4-10-21-18/h1-3,5-6,8-9,11,16-17H,4,7,10,12H2. The molecule has 0 spiro atoms. The summed E-state index contributed by atoms with van der Waals surface area (Å²) in [6.07, 6.45) is 3.04. The van der Waals surface area contributed by atoms with Crippen LogP contribution in [0.25, 0.3) is 0 Å². The minimum absolute atomic E-state index is 0.162. The molecular formula is C19H18O2. The number of carbonyl (C=O) groups excluding carboxylic acids is 1. The monoisotopic (exact) mass is 278 g/mol. The summed E-state index contributed by atoms with van der Waals surface area (Å²) in [6.45, 7) is 0.791. The van der Waals surface area contributed by atoms with Crippen LogP contribution in [0.3, 0.4) is 0 Å². The summed E-state index contributed by atoms with van der Waals surface area (Å²) < 4.78 is 5.61. The predicted octanol–water partition coefficient (Wildman–Crippen LogP) is 4.00. The van der Waals surface area contributed by atoms with Crippen LogP contribution in [0.15, 0.2) is 48.5 Å². The molecule has 4 rings (SSSR count). The van der Waals surface area contributed by atoms with Crippen molar-refractivity contribution < 1.29 is 9.53 Å². The van der Waals surface area contributed by atoms with E-state index in [2.05, 4.69) is 12.1 Å². The van der Waals surface area contributed by atoms with Gasteiger partial charge in [0.05, 0.1) is 6.61 Å². The summed E-state index contributed by atoms with van der Waals surface area (Å²) in [5.74, 6) is 1.81. The maximum atomic E-state index is 12.6. The van der Waals surface area contributed by atoms with Crippen LogP contribution in [0.2, 0.25) is 0 Å². The van der Waals surface area contributed by atoms with Crippen molar-refractivity contribution in [2.75, 3.05) is 6.61 Å². The first-order chi connectivity index (χ1) is 10.3. The Kier molecular flexibility index (Phi) is 3.03. The van der Waals surface area contributed by atoms with E-state index in [1.165, 1.54) is 11.1 Å². The average Bonchev–Trinajstić information content (AvgIpc) is 3.35. The van der Waals surface area contributed by atoms with E-state index in [4.69, 9.17) is 4.74 Å². The first kappa shape index (κ1) is 12.6. The molecule has 2 heteroatoms. The van der Waals surface area contributed by atoms with E-state index < -0.39 is 0 Å². The average molecular weight is 278 g/mol. The van der Waals surface area contributed by atoms with Gasteiger partial charge in [0.25, 0.3) is 0 Å². The van der Waals surface area contributed by atoms with Crippen molar-refractivity contribution in [2.45, 2.75) is 25.2 Å². The van der Waals surface area contributed by atoms with Gasteiger partial charge in [-0.25, -0.2) is 0 Å². The van der Waals surface area contributed by atoms with Crippen molar-refractivity contribution in [1.82, 2.24) is 0 Å². The number of aryl methyl sites for hydroxylation is 1. The van der Waals surface area contributed by atoms with Crippen LogP contribution in [0.1, 0.15) is 40.2 Å². The lowest BCUT2D eigenvalue weighted by Gasteiger charge is -2.17. The van der Waals surface area contributed by atoms with Crippen molar-refractivity contribution >= 4 is 5.78 Å². The van der Waals surface area contributed by atoms with E-state index in [9.17, 15) is 4.79 Å². The fourth-order valence-electron chi connectivity index (χ4n) is 3.28. The highest BCUT2D eigenvalue weighted by atomic mass is 16.5. The Hall–Kier alpha value is -2.09. The molecule has 1 fully saturated rings. The molecule has 1 saturated carbocycles. The summed E-state index contributed by atoms with van der Waals surface area (Å²) in [7, 11) is 0. The number of hydrogen-bond donors (Lipinski definition) is 0. The third-order valence-electron chi connectivity index (χ3n) is 4.55. The highest BCUT2D eigenvalue weighted by Gasteiger charge is 2.43. The van der Waals surface area contributed by atoms with Crippen molar-refractivity contribution in [3.63, 3.8) is 0 Å². The zero-order chi connectivity index (χ0) is 14.2. The number of Topliss-reactive ketones (excluding diaryl/α,β-unsaturated/α-hetero) is 1. The Labute approximate surface area is 124 Å². The van der Waals surface area contributed by atoms with Gasteiger partial charge in [0.2, 0.25) is 0 Å². The second-order valence-corrected chi connectivity index (χ2v) is 6.00. The maximum Gasteiger partial charge on any atom is 0.166 e. The van der Waals surface area contributed by atoms with Crippen molar-refractivity contribution in [3.05, 3.63) is 65.2 Å². The van der Waals surface area contributed by atoms with Crippen LogP contribution in [-0.2, 0) is 6.42 Å². The molecule has 2 atom stereocenters. The molecule has 1 aliphatic carbocycles. The Morgan fingerprint density at radius 3 is 2.81 bits per heavy atom. The third kappa shape index (κ3) is 2.35. The van der Waals surface area contributed by atoms with E-state index in [0.717, 1.165) is 37.2 Å². The molecule has 0 amide bonds. The minimum Gasteiger partial charge on any atom is -0.493 e. The van der Waals surface area contributed by atoms with Gasteiger partial charge in [-0.1, -0.05) is 30.3 Å². The van der Waals surface area contributed by atoms with Gasteiger partial charge in [-0.3, -0.25) is 4.79 Å². The van der Waals surface area contributed by atoms with Crippen molar-refractivity contribution in [2.24, 2.45) is 5.92 Å². The zero-order valence-corrected chi connectivity index (χ0v) is 11.9. The molecule has 0 bridgehead atoms. The van der Waals surface area contributed by atoms with E-state index in [1.807, 2.05) is 36.4 Å². The number of rotatable bonds is 3. The molecule has 21 heavy (non-hydrogen) atoms. The lowest BCUT2D eigenvalue weighted by atomic mass is 9.98. The molecule has 2 aliphatic rings. The van der Waals surface area contributed by atoms with E-state index >= 15 is 0 Å². The molecule has 0 saturated heterocycles. The molecule has 1 aliphatic heterocycles. The second-order valence-electron chi connectivity index (χ2n) is 6.00. The molecule has 0 aromatic heterocycles. The van der Waals surface area contributed by atoms with Gasteiger partial charge < -0.3 is 4.74 Å². The quantitative estimate of drug-likeness (QED) is 0.793. The number of hydrogen-bond acceptors (Lipinski definition) is 2. The Bertz CT molecular complexity index is 675. The van der Waals surface area contributed by atoms with E-state index in [0.29, 0.717) is 5.92 Å². The lowest BCUT2D eigenvalue weighted by Crippen LogP contribution is -2.10. The SMILES string of the molecule is O=C(c1ccc2c(c1)CCCO2)C1CC1c1ccccc1. The molecule has 2 aromatic rings. The summed E-state index contributed by atoms with van der Waals surface area (Å²) >= 11 is 0. The Morgan fingerprint density at radius 1 is 1.10 bits per heavy atom. The number of ether oxygens (including phenoxy) is 1. The second kappa shape index (κ2) is 5.03. The largest absolute Gasteiger partial charge is 0.493 e. The van der Waals surface area contributed by atoms with Crippen LogP contribution in [0.5, 0.6) is 5.75 Å². The van der Waals surface area contributed by atoms with Crippen LogP contribution in [0, 0.1) is 5.92 Å². The summed E-state index contributed by atoms with van der Waals surface area (Å²) in [5, 5.41) is 0. The van der Waals surface area contributed by atoms with E-state index in [1.54, 1.807) is 0 Å². The molecule has 1 heterocycles. The maximum absolute atomic E-state index is 12.6. The fraction of sp³-hybridized carbons (Fsp3) is 0.316. The number of carbonyl (C=O) groups is 1. The number of ketones is 1. The first-order valence-corrected chi connectivity index (χ1v) is 7.68. The molecule has 106 valence electrons. The molecule has 0 N–H and O–H groups in total.